The molecule has 8 heteroatoms. The molecular weight excluding hydrogens is 466 g/mol. The molecular formula is C29H29N5O3. The minimum absolute atomic E-state index is 0.0630. The van der Waals surface area contributed by atoms with E-state index in [0.717, 1.165) is 67.5 Å². The molecule has 1 N–H and O–H groups in total. The van der Waals surface area contributed by atoms with Crippen molar-refractivity contribution in [1.82, 2.24) is 20.2 Å². The molecule has 1 fully saturated rings. The van der Waals surface area contributed by atoms with Crippen molar-refractivity contribution < 1.29 is 13.9 Å². The first-order valence-electron chi connectivity index (χ1n) is 12.4. The highest BCUT2D eigenvalue weighted by Crippen LogP contribution is 2.29. The van der Waals surface area contributed by atoms with Crippen molar-refractivity contribution >= 4 is 0 Å². The lowest BCUT2D eigenvalue weighted by atomic mass is 10.0. The Kier molecular flexibility index (Phi) is 8.18. The minimum atomic E-state index is 0.0630. The number of oxazole rings is 1. The highest BCUT2D eigenvalue weighted by atomic mass is 16.5. The fourth-order valence-corrected chi connectivity index (χ4v) is 4.32. The molecule has 2 aromatic heterocycles. The van der Waals surface area contributed by atoms with E-state index in [1.54, 1.807) is 6.20 Å². The Hall–Kier alpha value is -4.03. The summed E-state index contributed by atoms with van der Waals surface area (Å²) in [4.78, 5) is 11.4. The van der Waals surface area contributed by atoms with E-state index < -0.39 is 0 Å². The van der Waals surface area contributed by atoms with Crippen LogP contribution in [0, 0.1) is 11.3 Å². The van der Waals surface area contributed by atoms with Crippen molar-refractivity contribution in [2.75, 3.05) is 39.4 Å². The van der Waals surface area contributed by atoms with Crippen molar-refractivity contribution in [3.63, 3.8) is 0 Å². The maximum absolute atomic E-state index is 9.84. The van der Waals surface area contributed by atoms with Crippen LogP contribution in [0.3, 0.4) is 0 Å². The van der Waals surface area contributed by atoms with Crippen LogP contribution in [0.5, 0.6) is 5.88 Å². The zero-order valence-corrected chi connectivity index (χ0v) is 20.6. The molecule has 188 valence electrons. The second-order valence-corrected chi connectivity index (χ2v) is 8.68. The summed E-state index contributed by atoms with van der Waals surface area (Å²) in [6, 6.07) is 23.7. The lowest BCUT2D eigenvalue weighted by Gasteiger charge is -2.26. The average Bonchev–Trinajstić information content (AvgIpc) is 3.38. The van der Waals surface area contributed by atoms with Crippen LogP contribution in [0.1, 0.15) is 17.2 Å². The molecule has 0 spiro atoms. The van der Waals surface area contributed by atoms with Gasteiger partial charge in [-0.25, -0.2) is 9.97 Å². The van der Waals surface area contributed by atoms with Gasteiger partial charge in [-0.1, -0.05) is 60.7 Å². The van der Waals surface area contributed by atoms with E-state index in [1.807, 2.05) is 66.7 Å². The molecule has 1 aliphatic heterocycles. The maximum atomic E-state index is 9.84. The number of pyridine rings is 1. The number of aromatic nitrogens is 2. The van der Waals surface area contributed by atoms with Gasteiger partial charge in [0.1, 0.15) is 23.1 Å². The van der Waals surface area contributed by atoms with Gasteiger partial charge in [-0.3, -0.25) is 4.90 Å². The third kappa shape index (κ3) is 6.22. The Balaban J connectivity index is 1.30. The summed E-state index contributed by atoms with van der Waals surface area (Å²) in [7, 11) is 0. The van der Waals surface area contributed by atoms with Gasteiger partial charge in [-0.15, -0.1) is 0 Å². The van der Waals surface area contributed by atoms with Crippen LogP contribution < -0.4 is 10.1 Å². The highest BCUT2D eigenvalue weighted by Gasteiger charge is 2.18. The van der Waals surface area contributed by atoms with Gasteiger partial charge >= 0.3 is 0 Å². The number of hydrogen-bond acceptors (Lipinski definition) is 8. The zero-order chi connectivity index (χ0) is 25.3. The molecule has 8 nitrogen and oxygen atoms in total. The zero-order valence-electron chi connectivity index (χ0n) is 20.6. The molecule has 1 saturated heterocycles. The summed E-state index contributed by atoms with van der Waals surface area (Å²) >= 11 is 0. The van der Waals surface area contributed by atoms with E-state index in [-0.39, 0.29) is 12.5 Å². The number of nitrogens with one attached hydrogen (secondary N) is 1. The van der Waals surface area contributed by atoms with Gasteiger partial charge in [0.2, 0.25) is 11.8 Å². The van der Waals surface area contributed by atoms with Gasteiger partial charge in [-0.2, -0.15) is 5.26 Å². The Bertz CT molecular complexity index is 1330. The number of hydrogen-bond donors (Lipinski definition) is 1. The monoisotopic (exact) mass is 495 g/mol. The molecule has 0 unspecified atom stereocenters. The Morgan fingerprint density at radius 3 is 2.43 bits per heavy atom. The summed E-state index contributed by atoms with van der Waals surface area (Å²) < 4.78 is 17.5. The Labute approximate surface area is 216 Å². The summed E-state index contributed by atoms with van der Waals surface area (Å²) in [6.45, 7) is 5.91. The SMILES string of the molecule is N#Cc1c(-c2ccccc2)ccnc1OCc1nc(-c2ccccc2)c(CNCCN2CCOCC2)o1. The predicted octanol–water partition coefficient (Wildman–Crippen LogP) is 4.28. The van der Waals surface area contributed by atoms with Crippen molar-refractivity contribution in [3.05, 3.63) is 90.1 Å². The molecule has 37 heavy (non-hydrogen) atoms. The second-order valence-electron chi connectivity index (χ2n) is 8.68. The quantitative estimate of drug-likeness (QED) is 0.326. The smallest absolute Gasteiger partial charge is 0.233 e. The van der Waals surface area contributed by atoms with Crippen molar-refractivity contribution in [1.29, 1.82) is 5.26 Å². The molecule has 0 atom stereocenters. The van der Waals surface area contributed by atoms with Crippen LogP contribution in [0.4, 0.5) is 0 Å². The second kappa shape index (κ2) is 12.3. The van der Waals surface area contributed by atoms with E-state index in [2.05, 4.69) is 21.3 Å². The van der Waals surface area contributed by atoms with Gasteiger partial charge in [0.15, 0.2) is 6.61 Å². The molecule has 2 aromatic carbocycles. The first-order chi connectivity index (χ1) is 18.3. The van der Waals surface area contributed by atoms with E-state index >= 15 is 0 Å². The number of rotatable bonds is 10. The van der Waals surface area contributed by atoms with Crippen molar-refractivity contribution in [3.8, 4) is 34.3 Å². The molecule has 1 aliphatic rings. The molecule has 0 radical (unpaired) electrons. The van der Waals surface area contributed by atoms with Crippen LogP contribution in [0.15, 0.2) is 77.3 Å². The summed E-state index contributed by atoms with van der Waals surface area (Å²) in [5, 5.41) is 13.3. The number of morpholine rings is 1. The van der Waals surface area contributed by atoms with Gasteiger partial charge in [0.05, 0.1) is 19.8 Å². The first-order valence-corrected chi connectivity index (χ1v) is 12.4. The third-order valence-electron chi connectivity index (χ3n) is 6.23. The van der Waals surface area contributed by atoms with Crippen LogP contribution in [-0.4, -0.2) is 54.3 Å². The minimum Gasteiger partial charge on any atom is -0.467 e. The Morgan fingerprint density at radius 1 is 0.973 bits per heavy atom. The molecule has 4 aromatic rings. The van der Waals surface area contributed by atoms with E-state index in [4.69, 9.17) is 18.9 Å². The number of benzene rings is 2. The summed E-state index contributed by atoms with van der Waals surface area (Å²) in [6.07, 6.45) is 1.65. The fourth-order valence-electron chi connectivity index (χ4n) is 4.32. The third-order valence-corrected chi connectivity index (χ3v) is 6.23. The van der Waals surface area contributed by atoms with Gasteiger partial charge in [0, 0.05) is 43.5 Å². The predicted molar refractivity (Wildman–Crippen MR) is 140 cm³/mol. The van der Waals surface area contributed by atoms with Crippen LogP contribution in [0.2, 0.25) is 0 Å². The van der Waals surface area contributed by atoms with Crippen LogP contribution >= 0.6 is 0 Å². The molecule has 3 heterocycles. The largest absolute Gasteiger partial charge is 0.467 e. The van der Waals surface area contributed by atoms with Crippen LogP contribution in [0.25, 0.3) is 22.4 Å². The molecule has 0 amide bonds. The Morgan fingerprint density at radius 2 is 1.70 bits per heavy atom. The number of nitrogens with zero attached hydrogens (tertiary/aromatic N) is 4. The van der Waals surface area contributed by atoms with E-state index in [9.17, 15) is 5.26 Å². The molecule has 0 saturated carbocycles. The molecule has 0 aliphatic carbocycles. The van der Waals surface area contributed by atoms with E-state index in [0.29, 0.717) is 18.0 Å². The van der Waals surface area contributed by atoms with Gasteiger partial charge < -0.3 is 19.2 Å². The summed E-state index contributed by atoms with van der Waals surface area (Å²) in [5.74, 6) is 1.44. The highest BCUT2D eigenvalue weighted by molar-refractivity contribution is 5.72. The van der Waals surface area contributed by atoms with Gasteiger partial charge in [0.25, 0.3) is 0 Å². The van der Waals surface area contributed by atoms with E-state index in [1.165, 1.54) is 0 Å². The standard InChI is InChI=1S/C29H29N5O3/c30-19-25-24(22-7-3-1-4-8-22)11-12-32-29(25)36-21-27-33-28(23-9-5-2-6-10-23)26(37-27)20-31-13-14-34-15-17-35-18-16-34/h1-12,31H,13-18,20-21H2. The lowest BCUT2D eigenvalue weighted by molar-refractivity contribution is 0.0383. The average molecular weight is 496 g/mol. The first kappa shape index (κ1) is 24.7. The fraction of sp³-hybridized carbons (Fsp3) is 0.276. The maximum Gasteiger partial charge on any atom is 0.233 e. The van der Waals surface area contributed by atoms with Crippen LogP contribution in [-0.2, 0) is 17.9 Å². The van der Waals surface area contributed by atoms with Gasteiger partial charge in [-0.05, 0) is 11.6 Å². The molecule has 5 rings (SSSR count). The summed E-state index contributed by atoms with van der Waals surface area (Å²) in [5.41, 5.74) is 3.84. The topological polar surface area (TPSA) is 96.4 Å². The lowest BCUT2D eigenvalue weighted by Crippen LogP contribution is -2.40. The van der Waals surface area contributed by atoms with Crippen molar-refractivity contribution in [2.24, 2.45) is 0 Å². The molecule has 0 bridgehead atoms. The van der Waals surface area contributed by atoms with Crippen molar-refractivity contribution in [2.45, 2.75) is 13.2 Å². The normalized spacial score (nSPS) is 13.8. The number of ether oxygens (including phenoxy) is 2. The number of nitriles is 1.